The minimum atomic E-state index is -0.237. The fourth-order valence-electron chi connectivity index (χ4n) is 2.10. The molecule has 1 N–H and O–H groups in total. The molecule has 0 atom stereocenters. The second-order valence-corrected chi connectivity index (χ2v) is 7.38. The summed E-state index contributed by atoms with van der Waals surface area (Å²) in [6.45, 7) is 2.42. The lowest BCUT2D eigenvalue weighted by atomic mass is 10.2. The fraction of sp³-hybridized carbons (Fsp3) is 0.105. The molecule has 0 saturated heterocycles. The molecule has 3 rings (SSSR count). The predicted octanol–water partition coefficient (Wildman–Crippen LogP) is 4.84. The van der Waals surface area contributed by atoms with Gasteiger partial charge >= 0.3 is 0 Å². The third-order valence-electron chi connectivity index (χ3n) is 3.34. The molecule has 0 unspecified atom stereocenters. The Labute approximate surface area is 163 Å². The lowest BCUT2D eigenvalue weighted by Crippen LogP contribution is -2.08. The average molecular weight is 430 g/mol. The number of benzene rings is 1. The summed E-state index contributed by atoms with van der Waals surface area (Å²) in [5, 5.41) is 5.72. The lowest BCUT2D eigenvalue weighted by Gasteiger charge is -2.04. The van der Waals surface area contributed by atoms with Crippen LogP contribution in [0.25, 0.3) is 6.08 Å². The number of hydrogen-bond donors (Lipinski definition) is 1. The quantitative estimate of drug-likeness (QED) is 0.569. The Bertz CT molecular complexity index is 905. The van der Waals surface area contributed by atoms with Gasteiger partial charge in [0.25, 0.3) is 0 Å². The van der Waals surface area contributed by atoms with Gasteiger partial charge in [-0.25, -0.2) is 9.97 Å². The largest absolute Gasteiger partial charge is 0.487 e. The van der Waals surface area contributed by atoms with Crippen LogP contribution >= 0.6 is 27.3 Å². The van der Waals surface area contributed by atoms with E-state index in [1.54, 1.807) is 29.7 Å². The Hall–Kier alpha value is -2.51. The summed E-state index contributed by atoms with van der Waals surface area (Å²) in [7, 11) is 0. The molecule has 0 bridgehead atoms. The van der Waals surface area contributed by atoms with Crippen LogP contribution in [0.5, 0.6) is 5.75 Å². The van der Waals surface area contributed by atoms with Gasteiger partial charge in [0.1, 0.15) is 18.2 Å². The Morgan fingerprint density at radius 1 is 1.27 bits per heavy atom. The zero-order valence-corrected chi connectivity index (χ0v) is 16.4. The first-order valence-corrected chi connectivity index (χ1v) is 9.50. The first-order valence-electron chi connectivity index (χ1n) is 7.83. The molecule has 0 aliphatic rings. The van der Waals surface area contributed by atoms with E-state index in [0.717, 1.165) is 26.5 Å². The first-order chi connectivity index (χ1) is 12.6. The van der Waals surface area contributed by atoms with Crippen LogP contribution in [0.1, 0.15) is 16.3 Å². The van der Waals surface area contributed by atoms with E-state index in [-0.39, 0.29) is 5.91 Å². The van der Waals surface area contributed by atoms with E-state index < -0.39 is 0 Å². The SMILES string of the molecule is Cc1nc(COc2ccc(/C=C/C(=O)Nc3ccc(Br)cn3)cc2)cs1. The number of aryl methyl sites for hydroxylation is 1. The van der Waals surface area contributed by atoms with Crippen molar-refractivity contribution < 1.29 is 9.53 Å². The third kappa shape index (κ3) is 5.50. The molecule has 1 amide bonds. The highest BCUT2D eigenvalue weighted by Gasteiger charge is 2.01. The summed E-state index contributed by atoms with van der Waals surface area (Å²) in [5.74, 6) is 1.03. The van der Waals surface area contributed by atoms with Gasteiger partial charge < -0.3 is 10.1 Å². The van der Waals surface area contributed by atoms with Crippen molar-refractivity contribution in [2.45, 2.75) is 13.5 Å². The van der Waals surface area contributed by atoms with Crippen LogP contribution in [0.4, 0.5) is 5.82 Å². The van der Waals surface area contributed by atoms with E-state index in [1.807, 2.05) is 42.6 Å². The highest BCUT2D eigenvalue weighted by molar-refractivity contribution is 9.10. The number of thiazole rings is 1. The summed E-state index contributed by atoms with van der Waals surface area (Å²) < 4.78 is 6.56. The second-order valence-electron chi connectivity index (χ2n) is 5.40. The van der Waals surface area contributed by atoms with E-state index in [2.05, 4.69) is 31.2 Å². The Balaban J connectivity index is 1.52. The van der Waals surface area contributed by atoms with Gasteiger partial charge in [0.05, 0.1) is 10.7 Å². The molecule has 1 aromatic carbocycles. The van der Waals surface area contributed by atoms with Gasteiger partial charge in [-0.15, -0.1) is 11.3 Å². The van der Waals surface area contributed by atoms with E-state index in [9.17, 15) is 4.79 Å². The Morgan fingerprint density at radius 2 is 2.08 bits per heavy atom. The van der Waals surface area contributed by atoms with Crippen molar-refractivity contribution >= 4 is 45.1 Å². The topological polar surface area (TPSA) is 64.1 Å². The number of nitrogens with zero attached hydrogens (tertiary/aromatic N) is 2. The van der Waals surface area contributed by atoms with E-state index in [1.165, 1.54) is 6.08 Å². The van der Waals surface area contributed by atoms with Crippen molar-refractivity contribution in [2.75, 3.05) is 5.32 Å². The molecule has 2 aromatic heterocycles. The minimum Gasteiger partial charge on any atom is -0.487 e. The zero-order valence-electron chi connectivity index (χ0n) is 14.0. The van der Waals surface area contributed by atoms with Crippen LogP contribution in [0, 0.1) is 6.92 Å². The highest BCUT2D eigenvalue weighted by atomic mass is 79.9. The van der Waals surface area contributed by atoms with Crippen LogP contribution in [0.15, 0.2) is 58.5 Å². The molecule has 26 heavy (non-hydrogen) atoms. The fourth-order valence-corrected chi connectivity index (χ4v) is 2.93. The molecule has 0 fully saturated rings. The zero-order chi connectivity index (χ0) is 18.4. The predicted molar refractivity (Wildman–Crippen MR) is 107 cm³/mol. The molecule has 5 nitrogen and oxygen atoms in total. The number of aromatic nitrogens is 2. The number of halogens is 1. The van der Waals surface area contributed by atoms with Crippen LogP contribution in [-0.2, 0) is 11.4 Å². The average Bonchev–Trinajstić information content (AvgIpc) is 3.06. The van der Waals surface area contributed by atoms with Crippen molar-refractivity contribution in [3.05, 3.63) is 74.8 Å². The highest BCUT2D eigenvalue weighted by Crippen LogP contribution is 2.16. The Kier molecular flexibility index (Phi) is 6.14. The van der Waals surface area contributed by atoms with Gasteiger partial charge in [-0.05, 0) is 58.8 Å². The smallest absolute Gasteiger partial charge is 0.249 e. The second kappa shape index (κ2) is 8.73. The van der Waals surface area contributed by atoms with Crippen molar-refractivity contribution in [1.82, 2.24) is 9.97 Å². The van der Waals surface area contributed by atoms with Gasteiger partial charge in [0, 0.05) is 22.1 Å². The number of anilines is 1. The molecule has 132 valence electrons. The molecule has 2 heterocycles. The first kappa shape index (κ1) is 18.3. The number of pyridine rings is 1. The molecule has 0 aliphatic carbocycles. The van der Waals surface area contributed by atoms with Gasteiger partial charge in [0.2, 0.25) is 5.91 Å². The van der Waals surface area contributed by atoms with E-state index in [0.29, 0.717) is 12.4 Å². The molecule has 0 saturated carbocycles. The summed E-state index contributed by atoms with van der Waals surface area (Å²) >= 11 is 4.91. The summed E-state index contributed by atoms with van der Waals surface area (Å²) in [4.78, 5) is 20.4. The summed E-state index contributed by atoms with van der Waals surface area (Å²) in [6, 6.07) is 11.1. The van der Waals surface area contributed by atoms with Gasteiger partial charge in [-0.3, -0.25) is 4.79 Å². The Morgan fingerprint density at radius 3 is 2.73 bits per heavy atom. The lowest BCUT2D eigenvalue weighted by molar-refractivity contribution is -0.111. The molecule has 3 aromatic rings. The number of nitrogens with one attached hydrogen (secondary N) is 1. The van der Waals surface area contributed by atoms with Crippen molar-refractivity contribution in [3.8, 4) is 5.75 Å². The van der Waals surface area contributed by atoms with Crippen LogP contribution < -0.4 is 10.1 Å². The van der Waals surface area contributed by atoms with Crippen LogP contribution in [-0.4, -0.2) is 15.9 Å². The number of carbonyl (C=O) groups is 1. The van der Waals surface area contributed by atoms with Crippen LogP contribution in [0.3, 0.4) is 0 Å². The maximum atomic E-state index is 11.9. The van der Waals surface area contributed by atoms with Crippen molar-refractivity contribution in [1.29, 1.82) is 0 Å². The minimum absolute atomic E-state index is 0.237. The number of hydrogen-bond acceptors (Lipinski definition) is 5. The molecule has 0 spiro atoms. The number of carbonyl (C=O) groups excluding carboxylic acids is 1. The van der Waals surface area contributed by atoms with Crippen LogP contribution in [0.2, 0.25) is 0 Å². The van der Waals surface area contributed by atoms with Gasteiger partial charge in [-0.1, -0.05) is 12.1 Å². The summed E-state index contributed by atoms with van der Waals surface area (Å²) in [5.41, 5.74) is 1.83. The van der Waals surface area contributed by atoms with E-state index >= 15 is 0 Å². The molecule has 0 aliphatic heterocycles. The number of rotatable bonds is 6. The monoisotopic (exact) mass is 429 g/mol. The molecular weight excluding hydrogens is 414 g/mol. The number of amides is 1. The maximum absolute atomic E-state index is 11.9. The molecule has 0 radical (unpaired) electrons. The van der Waals surface area contributed by atoms with Gasteiger partial charge in [-0.2, -0.15) is 0 Å². The summed E-state index contributed by atoms with van der Waals surface area (Å²) in [6.07, 6.45) is 4.84. The normalized spacial score (nSPS) is 10.8. The number of ether oxygens (including phenoxy) is 1. The standard InChI is InChI=1S/C19H16BrN3O2S/c1-13-22-16(12-26-13)11-25-17-6-2-14(3-7-17)4-9-19(24)23-18-8-5-15(20)10-21-18/h2-10,12H,11H2,1H3,(H,21,23,24)/b9-4+. The van der Waals surface area contributed by atoms with Crippen molar-refractivity contribution in [2.24, 2.45) is 0 Å². The van der Waals surface area contributed by atoms with E-state index in [4.69, 9.17) is 4.74 Å². The maximum Gasteiger partial charge on any atom is 0.249 e. The van der Waals surface area contributed by atoms with Gasteiger partial charge in [0.15, 0.2) is 0 Å². The molecule has 7 heteroatoms. The third-order valence-corrected chi connectivity index (χ3v) is 4.63. The molecular formula is C19H16BrN3O2S. The van der Waals surface area contributed by atoms with Crippen molar-refractivity contribution in [3.63, 3.8) is 0 Å².